The summed E-state index contributed by atoms with van der Waals surface area (Å²) in [5, 5.41) is 2.46. The van der Waals surface area contributed by atoms with Gasteiger partial charge >= 0.3 is 0 Å². The summed E-state index contributed by atoms with van der Waals surface area (Å²) in [6.07, 6.45) is 0. The van der Waals surface area contributed by atoms with Crippen molar-refractivity contribution in [2.24, 2.45) is 0 Å². The van der Waals surface area contributed by atoms with Crippen LogP contribution in [0.5, 0.6) is 11.5 Å². The van der Waals surface area contributed by atoms with Crippen molar-refractivity contribution >= 4 is 119 Å². The first kappa shape index (κ1) is 36.6. The van der Waals surface area contributed by atoms with Gasteiger partial charge < -0.3 is 24.0 Å². The highest BCUT2D eigenvalue weighted by Crippen LogP contribution is 2.49. The molecule has 310 valence electrons. The summed E-state index contributed by atoms with van der Waals surface area (Å²) in [5.41, 5.74) is 21.3. The van der Waals surface area contributed by atoms with Gasteiger partial charge in [0.2, 0.25) is 0 Å². The molecule has 0 spiro atoms. The average molecular weight is 853 g/mol. The number of ether oxygens (including phenoxy) is 1. The minimum Gasteiger partial charge on any atom is -0.458 e. The van der Waals surface area contributed by atoms with Gasteiger partial charge in [-0.3, -0.25) is 0 Å². The smallest absolute Gasteiger partial charge is 0.256 e. The Kier molecular flexibility index (Phi) is 7.61. The van der Waals surface area contributed by atoms with Gasteiger partial charge in [-0.2, -0.15) is 0 Å². The van der Waals surface area contributed by atoms with Crippen LogP contribution >= 0.6 is 0 Å². The van der Waals surface area contributed by atoms with E-state index in [4.69, 9.17) is 4.74 Å². The van der Waals surface area contributed by atoms with Crippen molar-refractivity contribution in [1.82, 2.24) is 4.57 Å². The SMILES string of the molecule is c1ccc(N2c3ccccc3B3c4cc5c(cc4Oc4cccc2c43)N(c2ccccc2)c2cccc3c2B5c2ccc4c5ccccc5n(-c5ccccc5)c4c2N3c2ccccc2)cc1. The predicted molar refractivity (Wildman–Crippen MR) is 281 cm³/mol. The largest absolute Gasteiger partial charge is 0.458 e. The minimum atomic E-state index is -0.107. The Bertz CT molecular complexity index is 3820. The number of nitrogens with zero attached hydrogens (tertiary/aromatic N) is 4. The van der Waals surface area contributed by atoms with Crippen molar-refractivity contribution in [3.63, 3.8) is 0 Å². The summed E-state index contributed by atoms with van der Waals surface area (Å²) in [5.74, 6) is 1.78. The molecule has 10 aromatic carbocycles. The second kappa shape index (κ2) is 13.9. The van der Waals surface area contributed by atoms with E-state index in [1.807, 2.05) is 0 Å². The first-order valence-corrected chi connectivity index (χ1v) is 23.2. The molecule has 0 bridgehead atoms. The van der Waals surface area contributed by atoms with Crippen LogP contribution in [-0.2, 0) is 0 Å². The fraction of sp³-hybridized carbons (Fsp3) is 0. The van der Waals surface area contributed by atoms with E-state index in [1.165, 1.54) is 71.6 Å². The number of benzene rings is 10. The fourth-order valence-corrected chi connectivity index (χ4v) is 12.0. The van der Waals surface area contributed by atoms with Crippen LogP contribution in [0.1, 0.15) is 0 Å². The van der Waals surface area contributed by atoms with E-state index < -0.39 is 0 Å². The molecule has 1 aromatic heterocycles. The number of para-hydroxylation sites is 6. The molecule has 4 aliphatic heterocycles. The summed E-state index contributed by atoms with van der Waals surface area (Å²) in [6.45, 7) is -0.158. The Balaban J connectivity index is 1.06. The normalized spacial score (nSPS) is 13.6. The first-order chi connectivity index (χ1) is 33.3. The maximum atomic E-state index is 7.20. The molecule has 0 atom stereocenters. The van der Waals surface area contributed by atoms with Crippen LogP contribution in [0.25, 0.3) is 27.5 Å². The van der Waals surface area contributed by atoms with Gasteiger partial charge in [0, 0.05) is 68.0 Å². The monoisotopic (exact) mass is 852 g/mol. The third-order valence-corrected chi connectivity index (χ3v) is 14.6. The number of hydrogen-bond donors (Lipinski definition) is 0. The Morgan fingerprint density at radius 1 is 0.313 bits per heavy atom. The fourth-order valence-electron chi connectivity index (χ4n) is 12.0. The van der Waals surface area contributed by atoms with E-state index in [-0.39, 0.29) is 13.4 Å². The van der Waals surface area contributed by atoms with Gasteiger partial charge in [0.1, 0.15) is 11.5 Å². The van der Waals surface area contributed by atoms with Gasteiger partial charge in [0.25, 0.3) is 13.4 Å². The van der Waals surface area contributed by atoms with Crippen LogP contribution in [0.4, 0.5) is 51.2 Å². The second-order valence-corrected chi connectivity index (χ2v) is 18.0. The molecular weight excluding hydrogens is 814 g/mol. The molecule has 5 nitrogen and oxygen atoms in total. The van der Waals surface area contributed by atoms with Crippen LogP contribution in [0.3, 0.4) is 0 Å². The number of anilines is 9. The molecule has 15 rings (SSSR count). The third-order valence-electron chi connectivity index (χ3n) is 14.6. The van der Waals surface area contributed by atoms with E-state index in [0.29, 0.717) is 0 Å². The Morgan fingerprint density at radius 2 is 0.851 bits per heavy atom. The van der Waals surface area contributed by atoms with Crippen molar-refractivity contribution in [2.45, 2.75) is 0 Å². The zero-order valence-electron chi connectivity index (χ0n) is 36.3. The Hall–Kier alpha value is -8.67. The zero-order valence-corrected chi connectivity index (χ0v) is 36.3. The second-order valence-electron chi connectivity index (χ2n) is 18.0. The molecule has 5 heterocycles. The molecule has 7 heteroatoms. The molecule has 0 saturated heterocycles. The maximum absolute atomic E-state index is 7.20. The maximum Gasteiger partial charge on any atom is 0.256 e. The first-order valence-electron chi connectivity index (χ1n) is 23.2. The van der Waals surface area contributed by atoms with Crippen LogP contribution in [0, 0.1) is 0 Å². The van der Waals surface area contributed by atoms with E-state index in [0.717, 1.165) is 51.3 Å². The van der Waals surface area contributed by atoms with Gasteiger partial charge in [-0.05, 0) is 118 Å². The van der Waals surface area contributed by atoms with Crippen molar-refractivity contribution in [3.05, 3.63) is 231 Å². The lowest BCUT2D eigenvalue weighted by atomic mass is 9.30. The number of fused-ring (bicyclic) bond motifs is 12. The van der Waals surface area contributed by atoms with Gasteiger partial charge in [-0.25, -0.2) is 0 Å². The van der Waals surface area contributed by atoms with Crippen molar-refractivity contribution in [3.8, 4) is 17.2 Å². The molecule has 0 amide bonds. The predicted octanol–water partition coefficient (Wildman–Crippen LogP) is 11.3. The van der Waals surface area contributed by atoms with E-state index in [1.54, 1.807) is 0 Å². The van der Waals surface area contributed by atoms with Gasteiger partial charge in [-0.1, -0.05) is 140 Å². The molecule has 4 aliphatic rings. The summed E-state index contributed by atoms with van der Waals surface area (Å²) in [4.78, 5) is 7.42. The highest BCUT2D eigenvalue weighted by molar-refractivity contribution is 7.02. The molecule has 0 N–H and O–H groups in total. The van der Waals surface area contributed by atoms with Crippen molar-refractivity contribution < 1.29 is 4.74 Å². The summed E-state index contributed by atoms with van der Waals surface area (Å²) in [6, 6.07) is 84.3. The van der Waals surface area contributed by atoms with Crippen molar-refractivity contribution in [1.29, 1.82) is 0 Å². The molecule has 0 aliphatic carbocycles. The average Bonchev–Trinajstić information content (AvgIpc) is 3.74. The third kappa shape index (κ3) is 5.06. The van der Waals surface area contributed by atoms with E-state index >= 15 is 0 Å². The molecule has 0 radical (unpaired) electrons. The van der Waals surface area contributed by atoms with Gasteiger partial charge in [-0.15, -0.1) is 0 Å². The molecule has 0 fully saturated rings. The van der Waals surface area contributed by atoms with Crippen LogP contribution in [-0.4, -0.2) is 18.0 Å². The summed E-state index contributed by atoms with van der Waals surface area (Å²) in [7, 11) is 0. The standard InChI is InChI=1S/C60H38B2N4O/c1-5-19-39(20-6-1)63-50-30-16-14-28-45(50)61-48-37-47-54(38-56(48)67-55-34-18-33-53(63)58(55)61)64(40-21-7-2-8-22-40)51-31-17-32-52-57(51)62(47)46-36-35-44-43-27-13-15-29-49(43)65(41-23-9-3-10-24-41)59(44)60(46)66(52)42-25-11-4-12-26-42/h1-38H. The lowest BCUT2D eigenvalue weighted by molar-refractivity contribution is 0.488. The summed E-state index contributed by atoms with van der Waals surface area (Å²) >= 11 is 0. The zero-order chi connectivity index (χ0) is 43.7. The topological polar surface area (TPSA) is 23.9 Å². The van der Waals surface area contributed by atoms with Crippen molar-refractivity contribution in [2.75, 3.05) is 14.7 Å². The van der Waals surface area contributed by atoms with E-state index in [9.17, 15) is 0 Å². The number of aromatic nitrogens is 1. The molecule has 11 aromatic rings. The Labute approximate surface area is 389 Å². The Morgan fingerprint density at radius 3 is 1.57 bits per heavy atom. The molecule has 67 heavy (non-hydrogen) atoms. The van der Waals surface area contributed by atoms with Crippen LogP contribution < -0.4 is 52.2 Å². The lowest BCUT2D eigenvalue weighted by Crippen LogP contribution is -2.64. The van der Waals surface area contributed by atoms with E-state index in [2.05, 4.69) is 250 Å². The molecule has 0 unspecified atom stereocenters. The lowest BCUT2D eigenvalue weighted by Gasteiger charge is -2.45. The van der Waals surface area contributed by atoms with Gasteiger partial charge in [0.05, 0.1) is 16.7 Å². The highest BCUT2D eigenvalue weighted by Gasteiger charge is 2.48. The minimum absolute atomic E-state index is 0.0507. The highest BCUT2D eigenvalue weighted by atomic mass is 16.5. The molecular formula is C60H38B2N4O. The number of hydrogen-bond acceptors (Lipinski definition) is 4. The molecule has 0 saturated carbocycles. The summed E-state index contributed by atoms with van der Waals surface area (Å²) < 4.78 is 9.69. The van der Waals surface area contributed by atoms with Crippen LogP contribution in [0.15, 0.2) is 231 Å². The number of rotatable bonds is 4. The van der Waals surface area contributed by atoms with Crippen LogP contribution in [0.2, 0.25) is 0 Å². The quantitative estimate of drug-likeness (QED) is 0.165. The van der Waals surface area contributed by atoms with Gasteiger partial charge in [0.15, 0.2) is 0 Å².